The van der Waals surface area contributed by atoms with Crippen molar-refractivity contribution in [1.29, 1.82) is 0 Å². The van der Waals surface area contributed by atoms with Crippen LogP contribution in [0.3, 0.4) is 0 Å². The topological polar surface area (TPSA) is 87.1 Å². The highest BCUT2D eigenvalue weighted by Gasteiger charge is 2.52. The van der Waals surface area contributed by atoms with Crippen LogP contribution in [0, 0.1) is 5.92 Å². The Kier molecular flexibility index (Phi) is 4.02. The van der Waals surface area contributed by atoms with Crippen LogP contribution in [-0.4, -0.2) is 45.4 Å². The second kappa shape index (κ2) is 5.96. The number of aliphatic hydroxyl groups excluding tert-OH is 1. The summed E-state index contributed by atoms with van der Waals surface area (Å²) in [5.41, 5.74) is 0.852. The van der Waals surface area contributed by atoms with Crippen molar-refractivity contribution >= 4 is 12.1 Å². The van der Waals surface area contributed by atoms with Crippen LogP contribution in [0.5, 0.6) is 0 Å². The molecule has 0 spiro atoms. The zero-order valence-electron chi connectivity index (χ0n) is 12.1. The maximum Gasteiger partial charge on any atom is 0.411 e. The van der Waals surface area contributed by atoms with Gasteiger partial charge in [0.15, 0.2) is 0 Å². The van der Waals surface area contributed by atoms with Gasteiger partial charge in [-0.05, 0) is 24.8 Å². The van der Waals surface area contributed by atoms with E-state index in [1.54, 1.807) is 0 Å². The largest absolute Gasteiger partial charge is 0.480 e. The molecule has 22 heavy (non-hydrogen) atoms. The number of aliphatic hydroxyl groups is 1. The van der Waals surface area contributed by atoms with E-state index in [1.807, 2.05) is 30.3 Å². The van der Waals surface area contributed by atoms with Gasteiger partial charge in [0.05, 0.1) is 6.10 Å². The summed E-state index contributed by atoms with van der Waals surface area (Å²) in [4.78, 5) is 25.2. The number of carboxylic acid groups (broad SMARTS) is 1. The van der Waals surface area contributed by atoms with Crippen molar-refractivity contribution in [3.05, 3.63) is 35.9 Å². The molecular formula is C16H19NO5. The van der Waals surface area contributed by atoms with Crippen LogP contribution in [-0.2, 0) is 16.1 Å². The average molecular weight is 305 g/mol. The summed E-state index contributed by atoms with van der Waals surface area (Å²) < 4.78 is 5.28. The molecule has 3 aliphatic rings. The van der Waals surface area contributed by atoms with Gasteiger partial charge in [-0.25, -0.2) is 9.59 Å². The Hall–Kier alpha value is -2.08. The average Bonchev–Trinajstić information content (AvgIpc) is 2.53. The fraction of sp³-hybridized carbons (Fsp3) is 0.500. The van der Waals surface area contributed by atoms with Crippen molar-refractivity contribution < 1.29 is 24.5 Å². The molecule has 118 valence electrons. The van der Waals surface area contributed by atoms with Gasteiger partial charge in [0.1, 0.15) is 12.6 Å². The highest BCUT2D eigenvalue weighted by molar-refractivity contribution is 5.81. The van der Waals surface area contributed by atoms with Gasteiger partial charge in [0.25, 0.3) is 0 Å². The minimum absolute atomic E-state index is 0.114. The zero-order valence-corrected chi connectivity index (χ0v) is 12.1. The number of carboxylic acids is 1. The van der Waals surface area contributed by atoms with Gasteiger partial charge in [-0.1, -0.05) is 30.3 Å². The normalized spacial score (nSPS) is 30.1. The number of fused-ring (bicyclic) bond motifs is 3. The minimum atomic E-state index is -1.08. The first kappa shape index (κ1) is 14.8. The van der Waals surface area contributed by atoms with Crippen molar-refractivity contribution in [2.24, 2.45) is 5.92 Å². The predicted octanol–water partition coefficient (Wildman–Crippen LogP) is 1.62. The molecule has 4 atom stereocenters. The number of carbonyl (C=O) groups is 2. The second-order valence-electron chi connectivity index (χ2n) is 5.93. The molecule has 0 radical (unpaired) electrons. The monoisotopic (exact) mass is 305 g/mol. The number of aliphatic carboxylic acids is 1. The Morgan fingerprint density at radius 1 is 1.23 bits per heavy atom. The lowest BCUT2D eigenvalue weighted by molar-refractivity contribution is -0.158. The number of amides is 1. The summed E-state index contributed by atoms with van der Waals surface area (Å²) in [5.74, 6) is -1.49. The Balaban J connectivity index is 1.71. The van der Waals surface area contributed by atoms with E-state index in [1.165, 1.54) is 4.90 Å². The smallest absolute Gasteiger partial charge is 0.411 e. The molecule has 3 fully saturated rings. The first-order valence-electron chi connectivity index (χ1n) is 7.48. The lowest BCUT2D eigenvalue weighted by Crippen LogP contribution is -2.64. The Morgan fingerprint density at radius 3 is 2.59 bits per heavy atom. The number of nitrogens with zero attached hydrogens (tertiary/aromatic N) is 1. The van der Waals surface area contributed by atoms with Crippen molar-refractivity contribution in [3.8, 4) is 0 Å². The molecule has 2 aliphatic heterocycles. The molecule has 2 heterocycles. The van der Waals surface area contributed by atoms with Crippen LogP contribution < -0.4 is 0 Å². The van der Waals surface area contributed by atoms with Crippen LogP contribution in [0.25, 0.3) is 0 Å². The van der Waals surface area contributed by atoms with Crippen LogP contribution in [0.1, 0.15) is 24.8 Å². The van der Waals surface area contributed by atoms with Crippen LogP contribution in [0.2, 0.25) is 0 Å². The van der Waals surface area contributed by atoms with Gasteiger partial charge in [-0.15, -0.1) is 0 Å². The third-order valence-electron chi connectivity index (χ3n) is 4.61. The zero-order chi connectivity index (χ0) is 15.7. The molecule has 0 unspecified atom stereocenters. The van der Waals surface area contributed by atoms with Crippen LogP contribution in [0.15, 0.2) is 30.3 Å². The summed E-state index contributed by atoms with van der Waals surface area (Å²) >= 11 is 0. The highest BCUT2D eigenvalue weighted by atomic mass is 16.6. The maximum atomic E-state index is 12.3. The highest BCUT2D eigenvalue weighted by Crippen LogP contribution is 2.40. The summed E-state index contributed by atoms with van der Waals surface area (Å²) in [6, 6.07) is 8.00. The summed E-state index contributed by atoms with van der Waals surface area (Å²) in [6.45, 7) is 0.114. The molecule has 1 saturated carbocycles. The number of carbonyl (C=O) groups excluding carboxylic acids is 1. The molecule has 2 bridgehead atoms. The molecule has 2 N–H and O–H groups in total. The summed E-state index contributed by atoms with van der Waals surface area (Å²) in [5, 5.41) is 19.4. The fourth-order valence-electron chi connectivity index (χ4n) is 3.56. The third-order valence-corrected chi connectivity index (χ3v) is 4.61. The van der Waals surface area contributed by atoms with E-state index in [9.17, 15) is 19.8 Å². The van der Waals surface area contributed by atoms with E-state index in [0.717, 1.165) is 5.56 Å². The van der Waals surface area contributed by atoms with Crippen molar-refractivity contribution in [1.82, 2.24) is 4.90 Å². The van der Waals surface area contributed by atoms with Crippen molar-refractivity contribution in [2.45, 2.75) is 44.1 Å². The van der Waals surface area contributed by atoms with E-state index < -0.39 is 30.1 Å². The maximum absolute atomic E-state index is 12.3. The molecule has 6 nitrogen and oxygen atoms in total. The summed E-state index contributed by atoms with van der Waals surface area (Å²) in [7, 11) is 0. The van der Waals surface area contributed by atoms with Crippen LogP contribution >= 0.6 is 0 Å². The number of hydrogen-bond donors (Lipinski definition) is 2. The van der Waals surface area contributed by atoms with Crippen LogP contribution in [0.4, 0.5) is 4.79 Å². The molecule has 1 aromatic carbocycles. The van der Waals surface area contributed by atoms with Gasteiger partial charge in [-0.3, -0.25) is 4.90 Å². The van der Waals surface area contributed by atoms with Gasteiger partial charge >= 0.3 is 12.1 Å². The lowest BCUT2D eigenvalue weighted by Gasteiger charge is -2.50. The molecule has 1 aromatic rings. The first-order valence-corrected chi connectivity index (χ1v) is 7.48. The standard InChI is InChI=1S/C16H19NO5/c18-13-8-11-6-7-12(13)14(15(19)20)17(11)16(21)22-9-10-4-2-1-3-5-10/h1-5,11-14,18H,6-9H2,(H,19,20)/t11-,12-,13-,14+/m1/s1. The van der Waals surface area contributed by atoms with Gasteiger partial charge in [-0.2, -0.15) is 0 Å². The quantitative estimate of drug-likeness (QED) is 0.886. The lowest BCUT2D eigenvalue weighted by atomic mass is 9.73. The van der Waals surface area contributed by atoms with E-state index in [-0.39, 0.29) is 12.6 Å². The number of hydrogen-bond acceptors (Lipinski definition) is 4. The predicted molar refractivity (Wildman–Crippen MR) is 77.0 cm³/mol. The van der Waals surface area contributed by atoms with E-state index in [0.29, 0.717) is 19.3 Å². The van der Waals surface area contributed by atoms with Gasteiger partial charge in [0, 0.05) is 12.0 Å². The van der Waals surface area contributed by atoms with E-state index >= 15 is 0 Å². The molecule has 4 rings (SSSR count). The van der Waals surface area contributed by atoms with Crippen molar-refractivity contribution in [2.75, 3.05) is 0 Å². The Morgan fingerprint density at radius 2 is 1.95 bits per heavy atom. The first-order chi connectivity index (χ1) is 10.6. The Bertz CT molecular complexity index is 561. The van der Waals surface area contributed by atoms with Crippen molar-refractivity contribution in [3.63, 3.8) is 0 Å². The number of benzene rings is 1. The molecule has 6 heteroatoms. The van der Waals surface area contributed by atoms with E-state index in [2.05, 4.69) is 0 Å². The number of ether oxygens (including phenoxy) is 1. The second-order valence-corrected chi connectivity index (χ2v) is 5.93. The van der Waals surface area contributed by atoms with Gasteiger partial charge < -0.3 is 14.9 Å². The molecule has 1 aliphatic carbocycles. The number of piperidine rings is 2. The third kappa shape index (κ3) is 2.66. The minimum Gasteiger partial charge on any atom is -0.480 e. The molecular weight excluding hydrogens is 286 g/mol. The molecule has 0 aromatic heterocycles. The Labute approximate surface area is 128 Å². The fourth-order valence-corrected chi connectivity index (χ4v) is 3.56. The summed E-state index contributed by atoms with van der Waals surface area (Å²) in [6.07, 6.45) is 0.502. The molecule has 2 saturated heterocycles. The van der Waals surface area contributed by atoms with E-state index in [4.69, 9.17) is 4.74 Å². The SMILES string of the molecule is O=C(O)[C@@H]1[C@@H]2CC[C@H](C[C@H]2O)N1C(=O)OCc1ccccc1. The molecule has 1 amide bonds. The van der Waals surface area contributed by atoms with Gasteiger partial charge in [0.2, 0.25) is 0 Å². The number of rotatable bonds is 3.